The monoisotopic (exact) mass is 243 g/mol. The number of hydrogen-bond acceptors (Lipinski definition) is 2. The van der Waals surface area contributed by atoms with E-state index in [1.807, 2.05) is 0 Å². The molecule has 0 amide bonds. The molecule has 1 aliphatic heterocycles. The quantitative estimate of drug-likeness (QED) is 0.798. The van der Waals surface area contributed by atoms with Crippen molar-refractivity contribution < 1.29 is 8.78 Å². The van der Waals surface area contributed by atoms with Crippen LogP contribution in [0.2, 0.25) is 0 Å². The molecule has 0 aromatic heterocycles. The van der Waals surface area contributed by atoms with E-state index in [2.05, 4.69) is 5.32 Å². The SMILES string of the molecule is CSc1ccc(C2CCCCN2)c(F)c1F. The Morgan fingerprint density at radius 2 is 2.06 bits per heavy atom. The van der Waals surface area contributed by atoms with Gasteiger partial charge in [0, 0.05) is 16.5 Å². The third-order valence-corrected chi connectivity index (χ3v) is 3.74. The standard InChI is InChI=1S/C12H15F2NS/c1-16-10-6-5-8(11(13)12(10)14)9-4-2-3-7-15-9/h5-6,9,15H,2-4,7H2,1H3. The molecule has 1 fully saturated rings. The van der Waals surface area contributed by atoms with E-state index < -0.39 is 11.6 Å². The van der Waals surface area contributed by atoms with Gasteiger partial charge in [-0.1, -0.05) is 12.5 Å². The number of hydrogen-bond donors (Lipinski definition) is 1. The van der Waals surface area contributed by atoms with Crippen LogP contribution in [0.3, 0.4) is 0 Å². The maximum atomic E-state index is 13.8. The molecular formula is C12H15F2NS. The molecule has 1 N–H and O–H groups in total. The highest BCUT2D eigenvalue weighted by Crippen LogP contribution is 2.30. The Morgan fingerprint density at radius 1 is 1.25 bits per heavy atom. The van der Waals surface area contributed by atoms with Crippen molar-refractivity contribution in [2.45, 2.75) is 30.2 Å². The van der Waals surface area contributed by atoms with Gasteiger partial charge < -0.3 is 5.32 Å². The van der Waals surface area contributed by atoms with Crippen molar-refractivity contribution in [2.24, 2.45) is 0 Å². The number of nitrogens with one attached hydrogen (secondary N) is 1. The second kappa shape index (κ2) is 5.15. The van der Waals surface area contributed by atoms with Gasteiger partial charge in [0.15, 0.2) is 11.6 Å². The Balaban J connectivity index is 2.30. The van der Waals surface area contributed by atoms with Crippen LogP contribution in [0.4, 0.5) is 8.78 Å². The predicted molar refractivity (Wildman–Crippen MR) is 62.7 cm³/mol. The second-order valence-corrected chi connectivity index (χ2v) is 4.84. The molecule has 1 aromatic carbocycles. The normalized spacial score (nSPS) is 21.1. The van der Waals surface area contributed by atoms with Crippen molar-refractivity contribution in [1.29, 1.82) is 0 Å². The largest absolute Gasteiger partial charge is 0.310 e. The van der Waals surface area contributed by atoms with Gasteiger partial charge in [0.2, 0.25) is 0 Å². The highest BCUT2D eigenvalue weighted by atomic mass is 32.2. The van der Waals surface area contributed by atoms with Crippen molar-refractivity contribution in [3.63, 3.8) is 0 Å². The summed E-state index contributed by atoms with van der Waals surface area (Å²) in [6.45, 7) is 0.885. The molecule has 0 radical (unpaired) electrons. The molecule has 2 rings (SSSR count). The molecule has 4 heteroatoms. The highest BCUT2D eigenvalue weighted by Gasteiger charge is 2.21. The average molecular weight is 243 g/mol. The molecule has 1 unspecified atom stereocenters. The molecule has 1 nitrogen and oxygen atoms in total. The maximum Gasteiger partial charge on any atom is 0.172 e. The molecule has 0 bridgehead atoms. The van der Waals surface area contributed by atoms with Crippen LogP contribution in [-0.4, -0.2) is 12.8 Å². The van der Waals surface area contributed by atoms with Crippen LogP contribution in [0.15, 0.2) is 17.0 Å². The summed E-state index contributed by atoms with van der Waals surface area (Å²) < 4.78 is 27.4. The van der Waals surface area contributed by atoms with Crippen molar-refractivity contribution in [3.05, 3.63) is 29.3 Å². The predicted octanol–water partition coefficient (Wildman–Crippen LogP) is 3.50. The molecule has 16 heavy (non-hydrogen) atoms. The zero-order valence-corrected chi connectivity index (χ0v) is 10.0. The van der Waals surface area contributed by atoms with Crippen LogP contribution >= 0.6 is 11.8 Å². The summed E-state index contributed by atoms with van der Waals surface area (Å²) in [5.41, 5.74) is 0.468. The van der Waals surface area contributed by atoms with Gasteiger partial charge in [0.25, 0.3) is 0 Å². The van der Waals surface area contributed by atoms with Gasteiger partial charge in [-0.3, -0.25) is 0 Å². The van der Waals surface area contributed by atoms with Gasteiger partial charge in [-0.2, -0.15) is 0 Å². The van der Waals surface area contributed by atoms with Gasteiger partial charge in [-0.25, -0.2) is 8.78 Å². The van der Waals surface area contributed by atoms with E-state index in [4.69, 9.17) is 0 Å². The molecule has 1 atom stereocenters. The minimum atomic E-state index is -0.711. The Bertz CT molecular complexity index is 376. The Hall–Kier alpha value is -0.610. The van der Waals surface area contributed by atoms with E-state index in [0.717, 1.165) is 25.8 Å². The molecule has 88 valence electrons. The van der Waals surface area contributed by atoms with Crippen LogP contribution in [0.5, 0.6) is 0 Å². The van der Waals surface area contributed by atoms with Crippen molar-refractivity contribution in [3.8, 4) is 0 Å². The van der Waals surface area contributed by atoms with E-state index in [1.165, 1.54) is 11.8 Å². The smallest absolute Gasteiger partial charge is 0.172 e. The number of halogens is 2. The van der Waals surface area contributed by atoms with Crippen LogP contribution in [-0.2, 0) is 0 Å². The van der Waals surface area contributed by atoms with E-state index in [9.17, 15) is 8.78 Å². The lowest BCUT2D eigenvalue weighted by Gasteiger charge is -2.24. The fourth-order valence-corrected chi connectivity index (χ4v) is 2.56. The summed E-state index contributed by atoms with van der Waals surface area (Å²) in [6.07, 6.45) is 4.82. The van der Waals surface area contributed by atoms with E-state index in [0.29, 0.717) is 10.5 Å². The summed E-state index contributed by atoms with van der Waals surface area (Å²) >= 11 is 1.23. The zero-order chi connectivity index (χ0) is 11.5. The molecule has 1 aromatic rings. The molecule has 0 saturated carbocycles. The van der Waals surface area contributed by atoms with Crippen LogP contribution in [0.25, 0.3) is 0 Å². The van der Waals surface area contributed by atoms with Gasteiger partial charge in [0.1, 0.15) is 0 Å². The fourth-order valence-electron chi connectivity index (χ4n) is 2.09. The summed E-state index contributed by atoms with van der Waals surface area (Å²) in [6, 6.07) is 3.33. The fraction of sp³-hybridized carbons (Fsp3) is 0.500. The van der Waals surface area contributed by atoms with Crippen molar-refractivity contribution in [2.75, 3.05) is 12.8 Å². The lowest BCUT2D eigenvalue weighted by Crippen LogP contribution is -2.27. The Kier molecular flexibility index (Phi) is 3.82. The van der Waals surface area contributed by atoms with Gasteiger partial charge in [-0.05, 0) is 31.7 Å². The van der Waals surface area contributed by atoms with Gasteiger partial charge in [0.05, 0.1) is 0 Å². The van der Waals surface area contributed by atoms with Gasteiger partial charge in [-0.15, -0.1) is 11.8 Å². The lowest BCUT2D eigenvalue weighted by molar-refractivity contribution is 0.388. The Morgan fingerprint density at radius 3 is 2.69 bits per heavy atom. The van der Waals surface area contributed by atoms with Crippen LogP contribution in [0.1, 0.15) is 30.9 Å². The third-order valence-electron chi connectivity index (χ3n) is 2.98. The molecule has 1 heterocycles. The first-order chi connectivity index (χ1) is 7.74. The molecular weight excluding hydrogens is 228 g/mol. The van der Waals surface area contributed by atoms with E-state index >= 15 is 0 Å². The molecule has 1 saturated heterocycles. The second-order valence-electron chi connectivity index (χ2n) is 3.99. The molecule has 0 spiro atoms. The third kappa shape index (κ3) is 2.23. The minimum absolute atomic E-state index is 0.0286. The lowest BCUT2D eigenvalue weighted by atomic mass is 9.97. The van der Waals surface area contributed by atoms with Crippen molar-refractivity contribution >= 4 is 11.8 Å². The van der Waals surface area contributed by atoms with E-state index in [1.54, 1.807) is 18.4 Å². The summed E-state index contributed by atoms with van der Waals surface area (Å²) in [7, 11) is 0. The zero-order valence-electron chi connectivity index (χ0n) is 9.22. The first-order valence-corrected chi connectivity index (χ1v) is 6.71. The number of piperidine rings is 1. The van der Waals surface area contributed by atoms with Crippen LogP contribution in [0, 0.1) is 11.6 Å². The maximum absolute atomic E-state index is 13.8. The molecule has 1 aliphatic rings. The number of thioether (sulfide) groups is 1. The Labute approximate surface area is 98.6 Å². The first kappa shape index (κ1) is 11.9. The summed E-state index contributed by atoms with van der Waals surface area (Å²) in [4.78, 5) is 0.372. The van der Waals surface area contributed by atoms with Crippen molar-refractivity contribution in [1.82, 2.24) is 5.32 Å². The minimum Gasteiger partial charge on any atom is -0.310 e. The average Bonchev–Trinajstić information content (AvgIpc) is 2.34. The topological polar surface area (TPSA) is 12.0 Å². The van der Waals surface area contributed by atoms with Crippen LogP contribution < -0.4 is 5.32 Å². The first-order valence-electron chi connectivity index (χ1n) is 5.49. The summed E-state index contributed by atoms with van der Waals surface area (Å²) in [5.74, 6) is -1.40. The number of benzene rings is 1. The number of rotatable bonds is 2. The summed E-state index contributed by atoms with van der Waals surface area (Å²) in [5, 5.41) is 3.23. The molecule has 0 aliphatic carbocycles. The highest BCUT2D eigenvalue weighted by molar-refractivity contribution is 7.98. The van der Waals surface area contributed by atoms with Gasteiger partial charge >= 0.3 is 0 Å². The van der Waals surface area contributed by atoms with E-state index in [-0.39, 0.29) is 6.04 Å².